The van der Waals surface area contributed by atoms with Crippen molar-refractivity contribution in [3.05, 3.63) is 0 Å². The molecular weight excluding hydrogens is 276 g/mol. The summed E-state index contributed by atoms with van der Waals surface area (Å²) in [6, 6.07) is 0. The predicted octanol–water partition coefficient (Wildman–Crippen LogP) is 1.21. The lowest BCUT2D eigenvalue weighted by Gasteiger charge is -2.30. The van der Waals surface area contributed by atoms with E-state index in [0.29, 0.717) is 25.6 Å². The second-order valence-electron chi connectivity index (χ2n) is 7.37. The average molecular weight is 304 g/mol. The van der Waals surface area contributed by atoms with Crippen molar-refractivity contribution >= 4 is 10.2 Å². The van der Waals surface area contributed by atoms with E-state index >= 15 is 0 Å². The maximum atomic E-state index is 12.3. The fourth-order valence-electron chi connectivity index (χ4n) is 3.46. The van der Waals surface area contributed by atoms with Crippen LogP contribution in [0, 0.1) is 22.7 Å². The Morgan fingerprint density at radius 3 is 2.05 bits per heavy atom. The standard InChI is InChI=1S/C14H28N2O3S/c1-13(2)12(14(13,3)4)9-15-20(18,19)16-7-5-11(10-17)6-8-16/h11-12,15,17H,5-10H2,1-4H3. The van der Waals surface area contributed by atoms with Gasteiger partial charge in [0.1, 0.15) is 0 Å². The number of aliphatic hydroxyl groups excluding tert-OH is 1. The van der Waals surface area contributed by atoms with Gasteiger partial charge in [-0.15, -0.1) is 0 Å². The molecule has 1 aliphatic heterocycles. The normalized spacial score (nSPS) is 27.6. The fourth-order valence-corrected chi connectivity index (χ4v) is 4.71. The first-order chi connectivity index (χ1) is 9.13. The summed E-state index contributed by atoms with van der Waals surface area (Å²) in [7, 11) is -3.37. The number of piperidine rings is 1. The molecule has 0 atom stereocenters. The van der Waals surface area contributed by atoms with E-state index in [1.165, 1.54) is 4.31 Å². The van der Waals surface area contributed by atoms with Crippen LogP contribution in [-0.2, 0) is 10.2 Å². The smallest absolute Gasteiger partial charge is 0.279 e. The second-order valence-corrected chi connectivity index (χ2v) is 9.13. The number of nitrogens with one attached hydrogen (secondary N) is 1. The van der Waals surface area contributed by atoms with Gasteiger partial charge in [-0.3, -0.25) is 0 Å². The SMILES string of the molecule is CC1(C)C(CNS(=O)(=O)N2CCC(CO)CC2)C1(C)C. The minimum absolute atomic E-state index is 0.159. The molecule has 2 N–H and O–H groups in total. The first-order valence-corrected chi connectivity index (χ1v) is 8.92. The molecule has 1 aliphatic carbocycles. The van der Waals surface area contributed by atoms with Crippen molar-refractivity contribution in [2.75, 3.05) is 26.2 Å². The lowest BCUT2D eigenvalue weighted by molar-refractivity contribution is 0.169. The quantitative estimate of drug-likeness (QED) is 0.802. The summed E-state index contributed by atoms with van der Waals surface area (Å²) in [4.78, 5) is 0. The zero-order valence-electron chi connectivity index (χ0n) is 13.0. The molecule has 0 spiro atoms. The summed E-state index contributed by atoms with van der Waals surface area (Å²) in [5.74, 6) is 0.641. The van der Waals surface area contributed by atoms with Crippen LogP contribution in [0.15, 0.2) is 0 Å². The lowest BCUT2D eigenvalue weighted by atomic mass is 10.00. The van der Waals surface area contributed by atoms with Crippen molar-refractivity contribution in [2.45, 2.75) is 40.5 Å². The molecule has 1 saturated heterocycles. The van der Waals surface area contributed by atoms with Crippen molar-refractivity contribution in [1.82, 2.24) is 9.03 Å². The molecule has 6 heteroatoms. The zero-order chi connectivity index (χ0) is 15.2. The molecule has 20 heavy (non-hydrogen) atoms. The number of rotatable bonds is 5. The van der Waals surface area contributed by atoms with Gasteiger partial charge in [0.15, 0.2) is 0 Å². The van der Waals surface area contributed by atoms with Gasteiger partial charge in [-0.25, -0.2) is 4.72 Å². The Kier molecular flexibility index (Phi) is 4.24. The highest BCUT2D eigenvalue weighted by atomic mass is 32.2. The van der Waals surface area contributed by atoms with Crippen molar-refractivity contribution in [3.63, 3.8) is 0 Å². The van der Waals surface area contributed by atoms with Crippen LogP contribution in [0.5, 0.6) is 0 Å². The summed E-state index contributed by atoms with van der Waals surface area (Å²) < 4.78 is 28.9. The van der Waals surface area contributed by atoms with E-state index in [0.717, 1.165) is 12.8 Å². The van der Waals surface area contributed by atoms with Crippen LogP contribution in [0.2, 0.25) is 0 Å². The van der Waals surface area contributed by atoms with E-state index in [1.54, 1.807) is 0 Å². The monoisotopic (exact) mass is 304 g/mol. The molecule has 0 aromatic rings. The maximum absolute atomic E-state index is 12.3. The van der Waals surface area contributed by atoms with Gasteiger partial charge >= 0.3 is 0 Å². The Bertz CT molecular complexity index is 437. The molecule has 5 nitrogen and oxygen atoms in total. The second kappa shape index (κ2) is 5.23. The highest BCUT2D eigenvalue weighted by Gasteiger charge is 2.64. The van der Waals surface area contributed by atoms with E-state index in [9.17, 15) is 8.42 Å². The van der Waals surface area contributed by atoms with Crippen molar-refractivity contribution in [3.8, 4) is 0 Å². The van der Waals surface area contributed by atoms with Gasteiger partial charge in [0.2, 0.25) is 0 Å². The minimum atomic E-state index is -3.37. The van der Waals surface area contributed by atoms with Crippen LogP contribution in [0.25, 0.3) is 0 Å². The molecule has 2 aliphatic rings. The summed E-state index contributed by atoms with van der Waals surface area (Å²) in [5, 5.41) is 9.10. The van der Waals surface area contributed by atoms with E-state index in [2.05, 4.69) is 32.4 Å². The predicted molar refractivity (Wildman–Crippen MR) is 79.4 cm³/mol. The van der Waals surface area contributed by atoms with E-state index in [-0.39, 0.29) is 23.4 Å². The first-order valence-electron chi connectivity index (χ1n) is 7.48. The molecule has 2 rings (SSSR count). The Morgan fingerprint density at radius 1 is 1.15 bits per heavy atom. The Hall–Kier alpha value is -0.170. The Morgan fingerprint density at radius 2 is 1.65 bits per heavy atom. The highest BCUT2D eigenvalue weighted by molar-refractivity contribution is 7.87. The van der Waals surface area contributed by atoms with Gasteiger partial charge in [0.25, 0.3) is 10.2 Å². The van der Waals surface area contributed by atoms with E-state index in [4.69, 9.17) is 5.11 Å². The Labute approximate surface area is 122 Å². The van der Waals surface area contributed by atoms with Crippen molar-refractivity contribution in [2.24, 2.45) is 22.7 Å². The molecule has 1 heterocycles. The van der Waals surface area contributed by atoms with Gasteiger partial charge in [-0.1, -0.05) is 27.7 Å². The molecule has 0 radical (unpaired) electrons. The highest BCUT2D eigenvalue weighted by Crippen LogP contribution is 2.67. The van der Waals surface area contributed by atoms with Crippen LogP contribution in [0.3, 0.4) is 0 Å². The third-order valence-electron chi connectivity index (χ3n) is 5.96. The van der Waals surface area contributed by atoms with Crippen LogP contribution in [-0.4, -0.2) is 44.1 Å². The minimum Gasteiger partial charge on any atom is -0.396 e. The number of hydrogen-bond acceptors (Lipinski definition) is 3. The molecule has 0 unspecified atom stereocenters. The van der Waals surface area contributed by atoms with Gasteiger partial charge in [-0.05, 0) is 35.5 Å². The molecule has 1 saturated carbocycles. The van der Waals surface area contributed by atoms with Crippen molar-refractivity contribution in [1.29, 1.82) is 0 Å². The zero-order valence-corrected chi connectivity index (χ0v) is 13.8. The third-order valence-corrected chi connectivity index (χ3v) is 7.54. The molecule has 0 aromatic carbocycles. The van der Waals surface area contributed by atoms with Crippen LogP contribution >= 0.6 is 0 Å². The molecular formula is C14H28N2O3S. The number of nitrogens with zero attached hydrogens (tertiary/aromatic N) is 1. The van der Waals surface area contributed by atoms with Gasteiger partial charge < -0.3 is 5.11 Å². The summed E-state index contributed by atoms with van der Waals surface area (Å²) >= 11 is 0. The van der Waals surface area contributed by atoms with Crippen LogP contribution < -0.4 is 4.72 Å². The van der Waals surface area contributed by atoms with E-state index < -0.39 is 10.2 Å². The lowest BCUT2D eigenvalue weighted by Crippen LogP contribution is -2.46. The molecule has 2 fully saturated rings. The Balaban J connectivity index is 1.87. The van der Waals surface area contributed by atoms with Gasteiger partial charge in [0.05, 0.1) is 0 Å². The average Bonchev–Trinajstić information content (AvgIpc) is 2.77. The third kappa shape index (κ3) is 2.75. The summed E-state index contributed by atoms with van der Waals surface area (Å²) in [5.41, 5.74) is 0.388. The van der Waals surface area contributed by atoms with Gasteiger partial charge in [0, 0.05) is 26.2 Å². The number of aliphatic hydroxyl groups is 1. The molecule has 0 aromatic heterocycles. The molecule has 0 amide bonds. The molecule has 118 valence electrons. The summed E-state index contributed by atoms with van der Waals surface area (Å²) in [6.45, 7) is 10.5. The summed E-state index contributed by atoms with van der Waals surface area (Å²) in [6.07, 6.45) is 1.50. The van der Waals surface area contributed by atoms with Crippen LogP contribution in [0.1, 0.15) is 40.5 Å². The molecule has 0 bridgehead atoms. The maximum Gasteiger partial charge on any atom is 0.279 e. The van der Waals surface area contributed by atoms with Gasteiger partial charge in [-0.2, -0.15) is 12.7 Å². The van der Waals surface area contributed by atoms with E-state index in [1.807, 2.05) is 0 Å². The number of hydrogen-bond donors (Lipinski definition) is 2. The first kappa shape index (κ1) is 16.2. The van der Waals surface area contributed by atoms with Crippen molar-refractivity contribution < 1.29 is 13.5 Å². The topological polar surface area (TPSA) is 69.6 Å². The fraction of sp³-hybridized carbons (Fsp3) is 1.00. The van der Waals surface area contributed by atoms with Crippen LogP contribution in [0.4, 0.5) is 0 Å². The largest absolute Gasteiger partial charge is 0.396 e.